The highest BCUT2D eigenvalue weighted by molar-refractivity contribution is 9.10. The third-order valence-corrected chi connectivity index (χ3v) is 4.34. The smallest absolute Gasteiger partial charge is 0.247 e. The van der Waals surface area contributed by atoms with Crippen molar-refractivity contribution >= 4 is 39.1 Å². The summed E-state index contributed by atoms with van der Waals surface area (Å²) in [5, 5.41) is 0.627. The van der Waals surface area contributed by atoms with Crippen molar-refractivity contribution in [2.24, 2.45) is 5.73 Å². The number of amides is 1. The van der Waals surface area contributed by atoms with Crippen molar-refractivity contribution in [3.05, 3.63) is 63.6 Å². The van der Waals surface area contributed by atoms with Crippen molar-refractivity contribution in [1.82, 2.24) is 0 Å². The molecule has 1 amide bonds. The van der Waals surface area contributed by atoms with Crippen LogP contribution >= 0.6 is 27.5 Å². The van der Waals surface area contributed by atoms with E-state index in [1.807, 2.05) is 48.5 Å². The number of carbonyl (C=O) groups excluding carboxylic acids is 1. The van der Waals surface area contributed by atoms with E-state index in [0.717, 1.165) is 15.7 Å². The first-order chi connectivity index (χ1) is 9.59. The van der Waals surface area contributed by atoms with Gasteiger partial charge in [0.15, 0.2) is 0 Å². The molecule has 2 unspecified atom stereocenters. The molecule has 2 N–H and O–H groups in total. The first kappa shape index (κ1) is 13.6. The zero-order valence-corrected chi connectivity index (χ0v) is 12.8. The van der Waals surface area contributed by atoms with Crippen molar-refractivity contribution in [2.45, 2.75) is 12.1 Å². The fourth-order valence-corrected chi connectivity index (χ4v) is 2.96. The minimum Gasteiger partial charge on any atom is -0.318 e. The average molecular weight is 352 g/mol. The molecule has 3 nitrogen and oxygen atoms in total. The van der Waals surface area contributed by atoms with Crippen LogP contribution < -0.4 is 10.6 Å². The Kier molecular flexibility index (Phi) is 3.54. The number of benzene rings is 2. The molecule has 1 saturated heterocycles. The molecule has 2 atom stereocenters. The van der Waals surface area contributed by atoms with E-state index in [-0.39, 0.29) is 11.9 Å². The summed E-state index contributed by atoms with van der Waals surface area (Å²) in [6.45, 7) is 0. The Morgan fingerprint density at radius 2 is 1.75 bits per heavy atom. The number of carbonyl (C=O) groups is 1. The second-order valence-electron chi connectivity index (χ2n) is 4.68. The molecule has 2 aromatic carbocycles. The van der Waals surface area contributed by atoms with Gasteiger partial charge in [-0.2, -0.15) is 0 Å². The fraction of sp³-hybridized carbons (Fsp3) is 0.133. The SMILES string of the molecule is NC1C(=O)N(c2ccc(Br)cc2)C1c1ccccc1Cl. The summed E-state index contributed by atoms with van der Waals surface area (Å²) in [6.07, 6.45) is 0. The number of halogens is 2. The van der Waals surface area contributed by atoms with E-state index >= 15 is 0 Å². The lowest BCUT2D eigenvalue weighted by Crippen LogP contribution is -2.63. The van der Waals surface area contributed by atoms with E-state index in [2.05, 4.69) is 15.9 Å². The monoisotopic (exact) mass is 350 g/mol. The number of hydrogen-bond acceptors (Lipinski definition) is 2. The summed E-state index contributed by atoms with van der Waals surface area (Å²) in [7, 11) is 0. The Labute approximate surface area is 130 Å². The van der Waals surface area contributed by atoms with Gasteiger partial charge in [0.2, 0.25) is 5.91 Å². The summed E-state index contributed by atoms with van der Waals surface area (Å²) in [6, 6.07) is 14.3. The molecule has 0 aliphatic carbocycles. The van der Waals surface area contributed by atoms with Gasteiger partial charge >= 0.3 is 0 Å². The lowest BCUT2D eigenvalue weighted by atomic mass is 9.88. The van der Waals surface area contributed by atoms with Gasteiger partial charge in [-0.3, -0.25) is 4.79 Å². The topological polar surface area (TPSA) is 46.3 Å². The van der Waals surface area contributed by atoms with Crippen molar-refractivity contribution in [3.63, 3.8) is 0 Å². The maximum Gasteiger partial charge on any atom is 0.247 e. The molecule has 1 fully saturated rings. The van der Waals surface area contributed by atoms with Gasteiger partial charge < -0.3 is 10.6 Å². The van der Waals surface area contributed by atoms with Crippen LogP contribution in [-0.4, -0.2) is 11.9 Å². The third-order valence-electron chi connectivity index (χ3n) is 3.47. The van der Waals surface area contributed by atoms with Crippen molar-refractivity contribution < 1.29 is 4.79 Å². The number of nitrogens with zero attached hydrogens (tertiary/aromatic N) is 1. The van der Waals surface area contributed by atoms with Crippen molar-refractivity contribution in [3.8, 4) is 0 Å². The highest BCUT2D eigenvalue weighted by Crippen LogP contribution is 2.40. The van der Waals surface area contributed by atoms with Crippen LogP contribution in [0.1, 0.15) is 11.6 Å². The molecule has 3 rings (SSSR count). The normalized spacial score (nSPS) is 21.8. The van der Waals surface area contributed by atoms with Crippen LogP contribution in [0, 0.1) is 0 Å². The molecule has 0 spiro atoms. The van der Waals surface area contributed by atoms with Crippen LogP contribution in [0.4, 0.5) is 5.69 Å². The van der Waals surface area contributed by atoms with Crippen LogP contribution in [0.2, 0.25) is 5.02 Å². The van der Waals surface area contributed by atoms with Crippen LogP contribution in [0.25, 0.3) is 0 Å². The zero-order chi connectivity index (χ0) is 14.3. The quantitative estimate of drug-likeness (QED) is 0.842. The van der Waals surface area contributed by atoms with Gasteiger partial charge in [-0.25, -0.2) is 0 Å². The van der Waals surface area contributed by atoms with Gasteiger partial charge in [0.25, 0.3) is 0 Å². The number of β-lactam (4-membered cyclic amide) rings is 1. The molecule has 1 heterocycles. The molecule has 0 saturated carbocycles. The predicted molar refractivity (Wildman–Crippen MR) is 83.8 cm³/mol. The van der Waals surface area contributed by atoms with Gasteiger partial charge in [-0.1, -0.05) is 45.7 Å². The highest BCUT2D eigenvalue weighted by Gasteiger charge is 2.47. The van der Waals surface area contributed by atoms with Crippen LogP contribution in [0.3, 0.4) is 0 Å². The number of nitrogens with two attached hydrogens (primary N) is 1. The molecule has 5 heteroatoms. The van der Waals surface area contributed by atoms with Gasteiger partial charge in [-0.15, -0.1) is 0 Å². The number of anilines is 1. The van der Waals surface area contributed by atoms with E-state index < -0.39 is 6.04 Å². The van der Waals surface area contributed by atoms with Crippen molar-refractivity contribution in [1.29, 1.82) is 0 Å². The summed E-state index contributed by atoms with van der Waals surface area (Å²) in [5.74, 6) is -0.0859. The fourth-order valence-electron chi connectivity index (χ4n) is 2.45. The molecule has 2 aromatic rings. The molecule has 0 aromatic heterocycles. The average Bonchev–Trinajstić information content (AvgIpc) is 2.46. The summed E-state index contributed by atoms with van der Waals surface area (Å²) in [5.41, 5.74) is 7.67. The predicted octanol–water partition coefficient (Wildman–Crippen LogP) is 3.52. The van der Waals surface area contributed by atoms with E-state index in [9.17, 15) is 4.79 Å². The summed E-state index contributed by atoms with van der Waals surface area (Å²) in [4.78, 5) is 13.8. The Hall–Kier alpha value is -1.36. The Bertz CT molecular complexity index is 659. The number of hydrogen-bond donors (Lipinski definition) is 1. The van der Waals surface area contributed by atoms with Crippen LogP contribution in [0.15, 0.2) is 53.0 Å². The second kappa shape index (κ2) is 5.20. The van der Waals surface area contributed by atoms with Gasteiger partial charge in [0, 0.05) is 15.2 Å². The Morgan fingerprint density at radius 3 is 2.40 bits per heavy atom. The first-order valence-electron chi connectivity index (χ1n) is 6.18. The highest BCUT2D eigenvalue weighted by atomic mass is 79.9. The number of rotatable bonds is 2. The standard InChI is InChI=1S/C15H12BrClN2O/c16-9-5-7-10(8-6-9)19-14(13(18)15(19)20)11-3-1-2-4-12(11)17/h1-8,13-14H,18H2. The summed E-state index contributed by atoms with van der Waals surface area (Å²) >= 11 is 9.61. The van der Waals surface area contributed by atoms with E-state index in [0.29, 0.717) is 5.02 Å². The molecule has 20 heavy (non-hydrogen) atoms. The van der Waals surface area contributed by atoms with E-state index in [1.54, 1.807) is 4.90 Å². The molecule has 0 bridgehead atoms. The lowest BCUT2D eigenvalue weighted by molar-refractivity contribution is -0.126. The summed E-state index contributed by atoms with van der Waals surface area (Å²) < 4.78 is 0.966. The van der Waals surface area contributed by atoms with E-state index in [4.69, 9.17) is 17.3 Å². The van der Waals surface area contributed by atoms with Gasteiger partial charge in [-0.05, 0) is 35.9 Å². The Morgan fingerprint density at radius 1 is 1.10 bits per heavy atom. The van der Waals surface area contributed by atoms with Crippen LogP contribution in [0.5, 0.6) is 0 Å². The lowest BCUT2D eigenvalue weighted by Gasteiger charge is -2.45. The largest absolute Gasteiger partial charge is 0.318 e. The maximum absolute atomic E-state index is 12.1. The zero-order valence-electron chi connectivity index (χ0n) is 10.5. The molecule has 1 aliphatic rings. The molecular weight excluding hydrogens is 340 g/mol. The van der Waals surface area contributed by atoms with Crippen molar-refractivity contribution in [2.75, 3.05) is 4.90 Å². The Balaban J connectivity index is 2.00. The second-order valence-corrected chi connectivity index (χ2v) is 6.00. The minimum absolute atomic E-state index is 0.0859. The van der Waals surface area contributed by atoms with Gasteiger partial charge in [0.1, 0.15) is 6.04 Å². The minimum atomic E-state index is -0.543. The first-order valence-corrected chi connectivity index (χ1v) is 7.35. The third kappa shape index (κ3) is 2.14. The maximum atomic E-state index is 12.1. The van der Waals surface area contributed by atoms with E-state index in [1.165, 1.54) is 0 Å². The molecule has 1 aliphatic heterocycles. The van der Waals surface area contributed by atoms with Crippen LogP contribution in [-0.2, 0) is 4.79 Å². The molecular formula is C15H12BrClN2O. The van der Waals surface area contributed by atoms with Gasteiger partial charge in [0.05, 0.1) is 6.04 Å². The molecule has 102 valence electrons. The molecule has 0 radical (unpaired) electrons.